The molecule has 0 amide bonds. The van der Waals surface area contributed by atoms with Crippen LogP contribution in [0, 0.1) is 11.8 Å². The topological polar surface area (TPSA) is 111 Å². The van der Waals surface area contributed by atoms with Crippen molar-refractivity contribution in [3.05, 3.63) is 59.7 Å². The zero-order valence-electron chi connectivity index (χ0n) is 26.1. The Morgan fingerprint density at radius 3 is 1.71 bits per heavy atom. The Bertz CT molecular complexity index is 1100. The minimum atomic E-state index is -0.368. The summed E-state index contributed by atoms with van der Waals surface area (Å²) >= 11 is 0. The van der Waals surface area contributed by atoms with Crippen LogP contribution in [0.1, 0.15) is 51.7 Å². The van der Waals surface area contributed by atoms with Crippen LogP contribution in [0.25, 0.3) is 0 Å². The largest absolute Gasteiger partial charge is 0.378 e. The number of ketones is 2. The van der Waals surface area contributed by atoms with Gasteiger partial charge in [0.1, 0.15) is 0 Å². The van der Waals surface area contributed by atoms with E-state index in [1.54, 1.807) is 0 Å². The molecule has 8 nitrogen and oxygen atoms in total. The van der Waals surface area contributed by atoms with Crippen molar-refractivity contribution < 1.29 is 19.1 Å². The van der Waals surface area contributed by atoms with Crippen molar-refractivity contribution in [1.29, 1.82) is 0 Å². The van der Waals surface area contributed by atoms with Crippen LogP contribution in [0.5, 0.6) is 0 Å². The molecule has 2 saturated heterocycles. The zero-order valence-corrected chi connectivity index (χ0v) is 26.1. The number of hydrogen-bond acceptors (Lipinski definition) is 8. The van der Waals surface area contributed by atoms with Gasteiger partial charge in [-0.15, -0.1) is 0 Å². The van der Waals surface area contributed by atoms with Crippen molar-refractivity contribution >= 4 is 22.9 Å². The Balaban J connectivity index is 0.000000230. The van der Waals surface area contributed by atoms with Crippen LogP contribution in [-0.4, -0.2) is 76.3 Å². The number of para-hydroxylation sites is 1. The first kappa shape index (κ1) is 33.7. The normalized spacial score (nSPS) is 18.3. The fraction of sp³-hybridized carbons (Fsp3) is 0.588. The number of benzene rings is 2. The third-order valence-electron chi connectivity index (χ3n) is 8.66. The number of carbonyl (C=O) groups excluding carboxylic acids is 2. The molecule has 4 atom stereocenters. The number of anilines is 2. The van der Waals surface area contributed by atoms with Gasteiger partial charge in [0.25, 0.3) is 0 Å². The molecule has 0 radical (unpaired) electrons. The molecule has 0 aliphatic carbocycles. The number of nitrogens with zero attached hydrogens (tertiary/aromatic N) is 2. The quantitative estimate of drug-likeness (QED) is 0.387. The second-order valence-corrected chi connectivity index (χ2v) is 11.6. The number of carbonyl (C=O) groups is 2. The molecule has 2 aliphatic rings. The number of Topliss-reactive ketones (excluding diaryl/α,β-unsaturated/α-hetero) is 2. The van der Waals surface area contributed by atoms with Gasteiger partial charge in [0.05, 0.1) is 38.5 Å². The van der Waals surface area contributed by atoms with Crippen LogP contribution in [0.15, 0.2) is 48.5 Å². The van der Waals surface area contributed by atoms with Gasteiger partial charge in [-0.1, -0.05) is 70.9 Å². The van der Waals surface area contributed by atoms with Gasteiger partial charge >= 0.3 is 0 Å². The monoisotopic (exact) mass is 580 g/mol. The predicted molar refractivity (Wildman–Crippen MR) is 171 cm³/mol. The van der Waals surface area contributed by atoms with Gasteiger partial charge in [0.2, 0.25) is 0 Å². The summed E-state index contributed by atoms with van der Waals surface area (Å²) in [7, 11) is 0. The summed E-state index contributed by atoms with van der Waals surface area (Å²) in [4.78, 5) is 29.1. The number of ether oxygens (including phenoxy) is 2. The van der Waals surface area contributed by atoms with E-state index in [1.807, 2.05) is 44.2 Å². The zero-order chi connectivity index (χ0) is 30.5. The Morgan fingerprint density at radius 1 is 0.714 bits per heavy atom. The van der Waals surface area contributed by atoms with Gasteiger partial charge in [-0.25, -0.2) is 0 Å². The highest BCUT2D eigenvalue weighted by molar-refractivity contribution is 5.87. The molecule has 2 fully saturated rings. The average Bonchev–Trinajstić information content (AvgIpc) is 3.04. The third-order valence-corrected chi connectivity index (χ3v) is 8.66. The first-order valence-corrected chi connectivity index (χ1v) is 15.6. The van der Waals surface area contributed by atoms with E-state index in [-0.39, 0.29) is 35.5 Å². The van der Waals surface area contributed by atoms with Crippen LogP contribution >= 0.6 is 0 Å². The molecule has 0 aromatic heterocycles. The number of rotatable bonds is 12. The lowest BCUT2D eigenvalue weighted by Crippen LogP contribution is -2.39. The lowest BCUT2D eigenvalue weighted by atomic mass is 9.92. The molecule has 0 spiro atoms. The predicted octanol–water partition coefficient (Wildman–Crippen LogP) is 4.02. The summed E-state index contributed by atoms with van der Waals surface area (Å²) in [5.74, 6) is 0.728. The SMILES string of the molecule is CCC(C)C(N)C(=O)Cc1ccc(N2CCOCC2)cc1.CCC(C)C(N)C(=O)Cc1ccccc1N1CCOCC1. The minimum Gasteiger partial charge on any atom is -0.378 e. The van der Waals surface area contributed by atoms with E-state index in [9.17, 15) is 9.59 Å². The highest BCUT2D eigenvalue weighted by Crippen LogP contribution is 2.23. The van der Waals surface area contributed by atoms with Gasteiger partial charge in [-0.05, 0) is 41.2 Å². The third kappa shape index (κ3) is 9.90. The molecule has 0 bridgehead atoms. The van der Waals surface area contributed by atoms with Crippen LogP contribution in [0.4, 0.5) is 11.4 Å². The second-order valence-electron chi connectivity index (χ2n) is 11.6. The van der Waals surface area contributed by atoms with E-state index < -0.39 is 0 Å². The van der Waals surface area contributed by atoms with Crippen molar-refractivity contribution in [3.63, 3.8) is 0 Å². The van der Waals surface area contributed by atoms with E-state index in [0.29, 0.717) is 12.8 Å². The van der Waals surface area contributed by atoms with Crippen LogP contribution < -0.4 is 21.3 Å². The summed E-state index contributed by atoms with van der Waals surface area (Å²) in [5.41, 5.74) is 16.5. The summed E-state index contributed by atoms with van der Waals surface area (Å²) in [5, 5.41) is 0. The maximum absolute atomic E-state index is 12.4. The smallest absolute Gasteiger partial charge is 0.154 e. The molecule has 232 valence electrons. The molecular formula is C34H52N4O4. The average molecular weight is 581 g/mol. The van der Waals surface area contributed by atoms with E-state index in [1.165, 1.54) is 5.69 Å². The fourth-order valence-electron chi connectivity index (χ4n) is 5.19. The lowest BCUT2D eigenvalue weighted by molar-refractivity contribution is -0.121. The molecule has 2 aromatic rings. The minimum absolute atomic E-state index is 0.128. The van der Waals surface area contributed by atoms with E-state index >= 15 is 0 Å². The number of nitrogens with two attached hydrogens (primary N) is 2. The molecule has 2 aromatic carbocycles. The standard InChI is InChI=1S/2C17H26N2O2/c1-3-13(2)17(18)16(20)12-14-4-6-15(7-5-14)19-8-10-21-11-9-19;1-3-13(2)17(18)16(20)12-14-6-4-5-7-15(14)19-8-10-21-11-9-19/h2*4-7,13,17H,3,8-12,18H2,1-2H3. The van der Waals surface area contributed by atoms with Gasteiger partial charge in [-0.3, -0.25) is 9.59 Å². The van der Waals surface area contributed by atoms with Crippen molar-refractivity contribution in [1.82, 2.24) is 0 Å². The highest BCUT2D eigenvalue weighted by atomic mass is 16.5. The van der Waals surface area contributed by atoms with Crippen molar-refractivity contribution in [2.24, 2.45) is 23.3 Å². The fourth-order valence-corrected chi connectivity index (χ4v) is 5.19. The van der Waals surface area contributed by atoms with Gasteiger partial charge in [0, 0.05) is 50.4 Å². The van der Waals surface area contributed by atoms with Crippen LogP contribution in [0.3, 0.4) is 0 Å². The summed E-state index contributed by atoms with van der Waals surface area (Å²) in [6.07, 6.45) is 2.70. The van der Waals surface area contributed by atoms with Crippen molar-refractivity contribution in [3.8, 4) is 0 Å². The van der Waals surface area contributed by atoms with Crippen LogP contribution in [-0.2, 0) is 31.9 Å². The molecule has 4 unspecified atom stereocenters. The molecule has 0 saturated carbocycles. The lowest BCUT2D eigenvalue weighted by Gasteiger charge is -2.30. The summed E-state index contributed by atoms with van der Waals surface area (Å²) in [6, 6.07) is 15.6. The molecule has 42 heavy (non-hydrogen) atoms. The first-order valence-electron chi connectivity index (χ1n) is 15.6. The summed E-state index contributed by atoms with van der Waals surface area (Å²) < 4.78 is 10.8. The van der Waals surface area contributed by atoms with Gasteiger partial charge < -0.3 is 30.7 Å². The maximum atomic E-state index is 12.4. The summed E-state index contributed by atoms with van der Waals surface area (Å²) in [6.45, 7) is 14.9. The van der Waals surface area contributed by atoms with E-state index in [4.69, 9.17) is 20.9 Å². The Kier molecular flexibility index (Phi) is 13.9. The molecule has 8 heteroatoms. The Labute approximate surface area is 252 Å². The van der Waals surface area contributed by atoms with Gasteiger partial charge in [-0.2, -0.15) is 0 Å². The van der Waals surface area contributed by atoms with Crippen molar-refractivity contribution in [2.45, 2.75) is 65.5 Å². The Hall–Kier alpha value is -2.78. The molecule has 2 heterocycles. The maximum Gasteiger partial charge on any atom is 0.154 e. The molecule has 4 N–H and O–H groups in total. The number of morpholine rings is 2. The van der Waals surface area contributed by atoms with E-state index in [2.05, 4.69) is 41.8 Å². The van der Waals surface area contributed by atoms with E-state index in [0.717, 1.165) is 82.3 Å². The first-order chi connectivity index (χ1) is 20.2. The van der Waals surface area contributed by atoms with Gasteiger partial charge in [0.15, 0.2) is 11.6 Å². The van der Waals surface area contributed by atoms with Crippen molar-refractivity contribution in [2.75, 3.05) is 62.4 Å². The second kappa shape index (κ2) is 17.4. The number of hydrogen-bond donors (Lipinski definition) is 2. The molecular weight excluding hydrogens is 528 g/mol. The van der Waals surface area contributed by atoms with Crippen LogP contribution in [0.2, 0.25) is 0 Å². The molecule has 2 aliphatic heterocycles. The highest BCUT2D eigenvalue weighted by Gasteiger charge is 2.22. The Morgan fingerprint density at radius 2 is 1.19 bits per heavy atom. The molecule has 4 rings (SSSR count).